The van der Waals surface area contributed by atoms with Gasteiger partial charge in [-0.05, 0) is 36.2 Å². The summed E-state index contributed by atoms with van der Waals surface area (Å²) in [5, 5.41) is 0.761. The lowest BCUT2D eigenvalue weighted by Gasteiger charge is -2.18. The van der Waals surface area contributed by atoms with Gasteiger partial charge in [-0.15, -0.1) is 11.3 Å². The number of hydrogen-bond acceptors (Lipinski definition) is 3. The van der Waals surface area contributed by atoms with Crippen LogP contribution >= 0.6 is 34.5 Å². The van der Waals surface area contributed by atoms with Crippen molar-refractivity contribution in [3.63, 3.8) is 0 Å². The van der Waals surface area contributed by atoms with E-state index in [1.807, 2.05) is 37.3 Å². The summed E-state index contributed by atoms with van der Waals surface area (Å²) >= 11 is 13.6. The van der Waals surface area contributed by atoms with E-state index in [9.17, 15) is 0 Å². The Morgan fingerprint density at radius 2 is 2.06 bits per heavy atom. The lowest BCUT2D eigenvalue weighted by atomic mass is 9.99. The first-order chi connectivity index (χ1) is 8.61. The quantitative estimate of drug-likeness (QED) is 0.659. The van der Waals surface area contributed by atoms with Crippen molar-refractivity contribution in [3.05, 3.63) is 55.7 Å². The van der Waals surface area contributed by atoms with Gasteiger partial charge in [0, 0.05) is 16.3 Å². The van der Waals surface area contributed by atoms with Crippen LogP contribution in [0, 0.1) is 6.92 Å². The summed E-state index contributed by atoms with van der Waals surface area (Å²) in [6, 6.07) is 9.84. The maximum Gasteiger partial charge on any atom is 0.0931 e. The molecule has 0 aliphatic carbocycles. The van der Waals surface area contributed by atoms with Gasteiger partial charge < -0.3 is 0 Å². The van der Waals surface area contributed by atoms with Gasteiger partial charge in [0.1, 0.15) is 0 Å². The molecule has 1 unspecified atom stereocenters. The van der Waals surface area contributed by atoms with Crippen molar-refractivity contribution < 1.29 is 0 Å². The molecule has 0 saturated heterocycles. The minimum atomic E-state index is 0.0402. The molecule has 1 heterocycles. The van der Waals surface area contributed by atoms with E-state index in [1.54, 1.807) is 11.3 Å². The summed E-state index contributed by atoms with van der Waals surface area (Å²) < 4.78 is 0.795. The van der Waals surface area contributed by atoms with Crippen molar-refractivity contribution in [1.82, 2.24) is 5.43 Å². The second-order valence-corrected chi connectivity index (χ2v) is 6.29. The van der Waals surface area contributed by atoms with Crippen LogP contribution in [0.25, 0.3) is 0 Å². The second-order valence-electron chi connectivity index (χ2n) is 4.08. The highest BCUT2D eigenvalue weighted by molar-refractivity contribution is 7.16. The summed E-state index contributed by atoms with van der Waals surface area (Å²) in [4.78, 5) is 1.20. The molecule has 1 aromatic carbocycles. The largest absolute Gasteiger partial charge is 0.271 e. The van der Waals surface area contributed by atoms with E-state index in [1.165, 1.54) is 4.88 Å². The number of halogens is 2. The van der Waals surface area contributed by atoms with Gasteiger partial charge in [-0.3, -0.25) is 11.3 Å². The molecule has 96 valence electrons. The fourth-order valence-electron chi connectivity index (χ4n) is 1.92. The van der Waals surface area contributed by atoms with Gasteiger partial charge in [0.05, 0.1) is 10.4 Å². The monoisotopic (exact) mass is 300 g/mol. The van der Waals surface area contributed by atoms with Crippen molar-refractivity contribution in [2.75, 3.05) is 0 Å². The Kier molecular flexibility index (Phi) is 4.65. The van der Waals surface area contributed by atoms with Crippen LogP contribution in [0.4, 0.5) is 0 Å². The first-order valence-corrected chi connectivity index (χ1v) is 7.14. The number of thiophene rings is 1. The zero-order chi connectivity index (χ0) is 13.1. The summed E-state index contributed by atoms with van der Waals surface area (Å²) in [6.45, 7) is 2.00. The number of hydrazine groups is 1. The van der Waals surface area contributed by atoms with Crippen LogP contribution < -0.4 is 11.3 Å². The predicted molar refractivity (Wildman–Crippen MR) is 79.3 cm³/mol. The summed E-state index contributed by atoms with van der Waals surface area (Å²) in [5.74, 6) is 5.66. The van der Waals surface area contributed by atoms with Crippen molar-refractivity contribution in [2.24, 2.45) is 5.84 Å². The van der Waals surface area contributed by atoms with Gasteiger partial charge in [-0.2, -0.15) is 0 Å². The van der Waals surface area contributed by atoms with E-state index in [2.05, 4.69) is 5.43 Å². The highest BCUT2D eigenvalue weighted by atomic mass is 35.5. The number of rotatable bonds is 4. The smallest absolute Gasteiger partial charge is 0.0931 e. The SMILES string of the molecule is Cc1c(Cl)cccc1C(Cc1ccc(Cl)s1)NN. The van der Waals surface area contributed by atoms with E-state index in [-0.39, 0.29) is 6.04 Å². The van der Waals surface area contributed by atoms with Crippen LogP contribution in [0.2, 0.25) is 9.36 Å². The second kappa shape index (κ2) is 6.04. The molecule has 2 nitrogen and oxygen atoms in total. The zero-order valence-electron chi connectivity index (χ0n) is 9.91. The molecule has 1 atom stereocenters. The molecule has 0 aliphatic rings. The Labute approximate surface area is 121 Å². The molecule has 0 radical (unpaired) electrons. The van der Waals surface area contributed by atoms with E-state index in [4.69, 9.17) is 29.0 Å². The van der Waals surface area contributed by atoms with E-state index >= 15 is 0 Å². The number of nitrogens with one attached hydrogen (secondary N) is 1. The highest BCUT2D eigenvalue weighted by Gasteiger charge is 2.15. The molecule has 0 spiro atoms. The van der Waals surface area contributed by atoms with Crippen molar-refractivity contribution in [1.29, 1.82) is 0 Å². The van der Waals surface area contributed by atoms with E-state index in [0.717, 1.165) is 26.9 Å². The van der Waals surface area contributed by atoms with Crippen molar-refractivity contribution >= 4 is 34.5 Å². The minimum Gasteiger partial charge on any atom is -0.271 e. The number of benzene rings is 1. The molecule has 18 heavy (non-hydrogen) atoms. The first-order valence-electron chi connectivity index (χ1n) is 5.57. The molecule has 2 rings (SSSR count). The molecule has 3 N–H and O–H groups in total. The predicted octanol–water partition coefficient (Wildman–Crippen LogP) is 4.11. The maximum atomic E-state index is 6.13. The van der Waals surface area contributed by atoms with Gasteiger partial charge in [-0.1, -0.05) is 35.3 Å². The average Bonchev–Trinajstić information content (AvgIpc) is 2.76. The molecular formula is C13H14Cl2N2S. The van der Waals surface area contributed by atoms with E-state index in [0.29, 0.717) is 0 Å². The van der Waals surface area contributed by atoms with Crippen LogP contribution in [-0.2, 0) is 6.42 Å². The lowest BCUT2D eigenvalue weighted by Crippen LogP contribution is -2.30. The summed E-state index contributed by atoms with van der Waals surface area (Å²) in [7, 11) is 0. The molecule has 2 aromatic rings. The van der Waals surface area contributed by atoms with Gasteiger partial charge in [0.25, 0.3) is 0 Å². The van der Waals surface area contributed by atoms with Gasteiger partial charge in [0.15, 0.2) is 0 Å². The first kappa shape index (κ1) is 13.8. The lowest BCUT2D eigenvalue weighted by molar-refractivity contribution is 0.553. The Balaban J connectivity index is 2.25. The van der Waals surface area contributed by atoms with Crippen LogP contribution in [0.15, 0.2) is 30.3 Å². The third kappa shape index (κ3) is 3.05. The Morgan fingerprint density at radius 3 is 2.67 bits per heavy atom. The standard InChI is InChI=1S/C13H14Cl2N2S/c1-8-10(3-2-4-11(8)14)12(17-16)7-9-5-6-13(15)18-9/h2-6,12,17H,7,16H2,1H3. The molecular weight excluding hydrogens is 287 g/mol. The normalized spacial score (nSPS) is 12.7. The highest BCUT2D eigenvalue weighted by Crippen LogP contribution is 2.29. The molecule has 1 aromatic heterocycles. The number of hydrogen-bond donors (Lipinski definition) is 2. The number of nitrogens with two attached hydrogens (primary N) is 1. The summed E-state index contributed by atoms with van der Waals surface area (Å²) in [6.07, 6.45) is 0.801. The third-order valence-electron chi connectivity index (χ3n) is 2.92. The summed E-state index contributed by atoms with van der Waals surface area (Å²) in [5.41, 5.74) is 5.03. The van der Waals surface area contributed by atoms with Crippen LogP contribution in [-0.4, -0.2) is 0 Å². The molecule has 5 heteroatoms. The average molecular weight is 301 g/mol. The van der Waals surface area contributed by atoms with Crippen molar-refractivity contribution in [3.8, 4) is 0 Å². The van der Waals surface area contributed by atoms with Crippen LogP contribution in [0.3, 0.4) is 0 Å². The Hall–Kier alpha value is -0.580. The Morgan fingerprint density at radius 1 is 1.28 bits per heavy atom. The zero-order valence-corrected chi connectivity index (χ0v) is 12.2. The fraction of sp³-hybridized carbons (Fsp3) is 0.231. The molecule has 0 bridgehead atoms. The van der Waals surface area contributed by atoms with Gasteiger partial charge in [-0.25, -0.2) is 0 Å². The van der Waals surface area contributed by atoms with E-state index < -0.39 is 0 Å². The third-order valence-corrected chi connectivity index (χ3v) is 4.58. The maximum absolute atomic E-state index is 6.13. The van der Waals surface area contributed by atoms with Crippen molar-refractivity contribution in [2.45, 2.75) is 19.4 Å². The Bertz CT molecular complexity index is 540. The van der Waals surface area contributed by atoms with Crippen LogP contribution in [0.5, 0.6) is 0 Å². The molecule has 0 saturated carbocycles. The molecule has 0 aliphatic heterocycles. The molecule has 0 fully saturated rings. The minimum absolute atomic E-state index is 0.0402. The molecule has 0 amide bonds. The van der Waals surface area contributed by atoms with Gasteiger partial charge in [0.2, 0.25) is 0 Å². The van der Waals surface area contributed by atoms with Gasteiger partial charge >= 0.3 is 0 Å². The fourth-order valence-corrected chi connectivity index (χ4v) is 3.24. The topological polar surface area (TPSA) is 38.0 Å². The van der Waals surface area contributed by atoms with Crippen LogP contribution in [0.1, 0.15) is 22.0 Å².